The lowest BCUT2D eigenvalue weighted by atomic mass is 10.1. The molecule has 3 rings (SSSR count). The second-order valence-electron chi connectivity index (χ2n) is 3.73. The highest BCUT2D eigenvalue weighted by Gasteiger charge is 2.14. The summed E-state index contributed by atoms with van der Waals surface area (Å²) in [5, 5.41) is 0.248. The van der Waals surface area contributed by atoms with Crippen molar-refractivity contribution in [1.82, 2.24) is 9.97 Å². The Bertz CT molecular complexity index is 566. The molecule has 0 atom stereocenters. The van der Waals surface area contributed by atoms with Crippen LogP contribution in [-0.4, -0.2) is 16.8 Å². The van der Waals surface area contributed by atoms with Crippen molar-refractivity contribution in [3.63, 3.8) is 0 Å². The van der Waals surface area contributed by atoms with Crippen LogP contribution in [0.1, 0.15) is 5.69 Å². The number of benzene rings is 1. The summed E-state index contributed by atoms with van der Waals surface area (Å²) in [6.45, 7) is 2.15. The van der Waals surface area contributed by atoms with Crippen molar-refractivity contribution in [2.24, 2.45) is 0 Å². The number of rotatable bonds is 1. The zero-order valence-corrected chi connectivity index (χ0v) is 9.86. The van der Waals surface area contributed by atoms with Gasteiger partial charge in [-0.05, 0) is 42.8 Å². The van der Waals surface area contributed by atoms with Gasteiger partial charge in [-0.1, -0.05) is 0 Å². The van der Waals surface area contributed by atoms with Gasteiger partial charge in [-0.15, -0.1) is 0 Å². The van der Waals surface area contributed by atoms with Gasteiger partial charge >= 0.3 is 0 Å². The zero-order chi connectivity index (χ0) is 11.8. The van der Waals surface area contributed by atoms with E-state index in [9.17, 15) is 0 Å². The van der Waals surface area contributed by atoms with E-state index >= 15 is 0 Å². The molecule has 0 fully saturated rings. The third-order valence-corrected chi connectivity index (χ3v) is 2.66. The van der Waals surface area contributed by atoms with E-state index in [1.54, 1.807) is 0 Å². The molecule has 5 heteroatoms. The van der Waals surface area contributed by atoms with Gasteiger partial charge in [0.1, 0.15) is 0 Å². The van der Waals surface area contributed by atoms with E-state index in [1.165, 1.54) is 0 Å². The Labute approximate surface area is 103 Å². The van der Waals surface area contributed by atoms with Crippen LogP contribution in [0.25, 0.3) is 11.3 Å². The molecule has 2 heterocycles. The highest BCUT2D eigenvalue weighted by Crippen LogP contribution is 2.35. The van der Waals surface area contributed by atoms with E-state index in [0.29, 0.717) is 0 Å². The monoisotopic (exact) mass is 248 g/mol. The van der Waals surface area contributed by atoms with Crippen molar-refractivity contribution >= 4 is 11.6 Å². The molecule has 1 aliphatic heterocycles. The number of nitrogens with zero attached hydrogens (tertiary/aromatic N) is 2. The van der Waals surface area contributed by atoms with Gasteiger partial charge in [-0.2, -0.15) is 0 Å². The molecule has 86 valence electrons. The van der Waals surface area contributed by atoms with Gasteiger partial charge in [0.25, 0.3) is 0 Å². The molecule has 0 bridgehead atoms. The average Bonchev–Trinajstić information content (AvgIpc) is 2.74. The number of ether oxygens (including phenoxy) is 2. The predicted octanol–water partition coefficient (Wildman–Crippen LogP) is 2.83. The Morgan fingerprint density at radius 1 is 1.12 bits per heavy atom. The van der Waals surface area contributed by atoms with E-state index in [0.717, 1.165) is 28.5 Å². The van der Waals surface area contributed by atoms with Crippen LogP contribution in [0.2, 0.25) is 5.28 Å². The van der Waals surface area contributed by atoms with E-state index in [-0.39, 0.29) is 12.1 Å². The summed E-state index contributed by atoms with van der Waals surface area (Å²) in [6, 6.07) is 7.55. The molecule has 2 aromatic rings. The van der Waals surface area contributed by atoms with Gasteiger partial charge in [0, 0.05) is 11.3 Å². The lowest BCUT2D eigenvalue weighted by Gasteiger charge is -2.04. The molecular weight excluding hydrogens is 240 g/mol. The van der Waals surface area contributed by atoms with Crippen LogP contribution in [0.5, 0.6) is 11.5 Å². The summed E-state index contributed by atoms with van der Waals surface area (Å²) in [4.78, 5) is 8.22. The third kappa shape index (κ3) is 1.91. The SMILES string of the molecule is Cc1cc(-c2ccc3c(c2)OCO3)nc(Cl)n1. The second kappa shape index (κ2) is 3.89. The summed E-state index contributed by atoms with van der Waals surface area (Å²) in [5.41, 5.74) is 2.54. The van der Waals surface area contributed by atoms with Crippen molar-refractivity contribution in [3.8, 4) is 22.8 Å². The summed E-state index contributed by atoms with van der Waals surface area (Å²) in [5.74, 6) is 1.49. The minimum atomic E-state index is 0.248. The molecule has 1 aromatic carbocycles. The predicted molar refractivity (Wildman–Crippen MR) is 63.3 cm³/mol. The van der Waals surface area contributed by atoms with Crippen LogP contribution in [0.4, 0.5) is 0 Å². The maximum atomic E-state index is 5.84. The quantitative estimate of drug-likeness (QED) is 0.728. The molecule has 4 nitrogen and oxygen atoms in total. The summed E-state index contributed by atoms with van der Waals surface area (Å²) < 4.78 is 10.6. The van der Waals surface area contributed by atoms with E-state index in [4.69, 9.17) is 21.1 Å². The number of aromatic nitrogens is 2. The van der Waals surface area contributed by atoms with Crippen molar-refractivity contribution in [2.45, 2.75) is 6.92 Å². The summed E-state index contributed by atoms with van der Waals surface area (Å²) in [6.07, 6.45) is 0. The molecule has 17 heavy (non-hydrogen) atoms. The first kappa shape index (κ1) is 10.4. The average molecular weight is 249 g/mol. The van der Waals surface area contributed by atoms with E-state index < -0.39 is 0 Å². The van der Waals surface area contributed by atoms with Gasteiger partial charge in [-0.25, -0.2) is 9.97 Å². The maximum absolute atomic E-state index is 5.84. The molecule has 0 saturated heterocycles. The fourth-order valence-electron chi connectivity index (χ4n) is 1.74. The minimum absolute atomic E-state index is 0.248. The van der Waals surface area contributed by atoms with Crippen LogP contribution < -0.4 is 9.47 Å². The van der Waals surface area contributed by atoms with Gasteiger partial charge in [0.05, 0.1) is 5.69 Å². The Kier molecular flexibility index (Phi) is 2.37. The van der Waals surface area contributed by atoms with Gasteiger partial charge in [-0.3, -0.25) is 0 Å². The lowest BCUT2D eigenvalue weighted by Crippen LogP contribution is -1.93. The molecule has 0 spiro atoms. The Morgan fingerprint density at radius 2 is 1.94 bits per heavy atom. The molecule has 0 saturated carbocycles. The van der Waals surface area contributed by atoms with Gasteiger partial charge < -0.3 is 9.47 Å². The van der Waals surface area contributed by atoms with Crippen LogP contribution >= 0.6 is 11.6 Å². The van der Waals surface area contributed by atoms with Crippen molar-refractivity contribution in [3.05, 3.63) is 35.2 Å². The molecule has 1 aliphatic rings. The van der Waals surface area contributed by atoms with Crippen LogP contribution in [0.15, 0.2) is 24.3 Å². The smallest absolute Gasteiger partial charge is 0.231 e. The van der Waals surface area contributed by atoms with Crippen molar-refractivity contribution in [2.75, 3.05) is 6.79 Å². The second-order valence-corrected chi connectivity index (χ2v) is 4.07. The highest BCUT2D eigenvalue weighted by molar-refractivity contribution is 6.28. The zero-order valence-electron chi connectivity index (χ0n) is 9.11. The minimum Gasteiger partial charge on any atom is -0.454 e. The van der Waals surface area contributed by atoms with Crippen LogP contribution in [0.3, 0.4) is 0 Å². The van der Waals surface area contributed by atoms with E-state index in [1.807, 2.05) is 31.2 Å². The first-order valence-electron chi connectivity index (χ1n) is 5.13. The molecule has 0 aliphatic carbocycles. The highest BCUT2D eigenvalue weighted by atomic mass is 35.5. The largest absolute Gasteiger partial charge is 0.454 e. The molecule has 0 amide bonds. The number of aryl methyl sites for hydroxylation is 1. The number of hydrogen-bond donors (Lipinski definition) is 0. The standard InChI is InChI=1S/C12H9ClN2O2/c1-7-4-9(15-12(13)14-7)8-2-3-10-11(5-8)17-6-16-10/h2-5H,6H2,1H3. The van der Waals surface area contributed by atoms with Crippen molar-refractivity contribution < 1.29 is 9.47 Å². The molecular formula is C12H9ClN2O2. The first-order chi connectivity index (χ1) is 8.22. The molecule has 0 N–H and O–H groups in total. The Balaban J connectivity index is 2.09. The Morgan fingerprint density at radius 3 is 2.76 bits per heavy atom. The third-order valence-electron chi connectivity index (χ3n) is 2.50. The number of fused-ring (bicyclic) bond motifs is 1. The van der Waals surface area contributed by atoms with Gasteiger partial charge in [0.2, 0.25) is 12.1 Å². The normalized spacial score (nSPS) is 12.8. The topological polar surface area (TPSA) is 44.2 Å². The van der Waals surface area contributed by atoms with Crippen LogP contribution in [0, 0.1) is 6.92 Å². The first-order valence-corrected chi connectivity index (χ1v) is 5.51. The number of halogens is 1. The Hall–Kier alpha value is -1.81. The number of hydrogen-bond acceptors (Lipinski definition) is 4. The fraction of sp³-hybridized carbons (Fsp3) is 0.167. The molecule has 1 aromatic heterocycles. The fourth-order valence-corrected chi connectivity index (χ4v) is 1.96. The van der Waals surface area contributed by atoms with Crippen molar-refractivity contribution in [1.29, 1.82) is 0 Å². The summed E-state index contributed by atoms with van der Waals surface area (Å²) in [7, 11) is 0. The van der Waals surface area contributed by atoms with E-state index in [2.05, 4.69) is 9.97 Å². The van der Waals surface area contributed by atoms with Crippen LogP contribution in [-0.2, 0) is 0 Å². The van der Waals surface area contributed by atoms with Gasteiger partial charge in [0.15, 0.2) is 11.5 Å². The summed E-state index contributed by atoms with van der Waals surface area (Å²) >= 11 is 5.84. The molecule has 0 radical (unpaired) electrons. The lowest BCUT2D eigenvalue weighted by molar-refractivity contribution is 0.174. The maximum Gasteiger partial charge on any atom is 0.231 e. The molecule has 0 unspecified atom stereocenters.